The van der Waals surface area contributed by atoms with Crippen LogP contribution in [-0.4, -0.2) is 25.9 Å². The SMILES string of the molecule is Cc1ccc(C)c(S(=O)(=O)N2CCOc3ccc(COCc4cccc(F)c4)cc3C2)c1. The minimum absolute atomic E-state index is 0.225. The maximum absolute atomic E-state index is 13.4. The van der Waals surface area contributed by atoms with Crippen molar-refractivity contribution in [2.75, 3.05) is 13.2 Å². The molecule has 0 saturated carbocycles. The van der Waals surface area contributed by atoms with E-state index >= 15 is 0 Å². The zero-order valence-corrected chi connectivity index (χ0v) is 19.0. The second kappa shape index (κ2) is 9.40. The van der Waals surface area contributed by atoms with Crippen LogP contribution in [0, 0.1) is 19.7 Å². The number of benzene rings is 3. The lowest BCUT2D eigenvalue weighted by Crippen LogP contribution is -2.33. The third-order valence-electron chi connectivity index (χ3n) is 5.46. The minimum atomic E-state index is -3.66. The number of ether oxygens (including phenoxy) is 2. The van der Waals surface area contributed by atoms with Crippen molar-refractivity contribution in [3.63, 3.8) is 0 Å². The Labute approximate surface area is 188 Å². The van der Waals surface area contributed by atoms with Crippen LogP contribution in [0.5, 0.6) is 5.75 Å². The van der Waals surface area contributed by atoms with Gasteiger partial charge in [0, 0.05) is 18.7 Å². The zero-order chi connectivity index (χ0) is 22.7. The molecule has 4 rings (SSSR count). The highest BCUT2D eigenvalue weighted by Crippen LogP contribution is 2.29. The Morgan fingerprint density at radius 2 is 1.78 bits per heavy atom. The Hall–Kier alpha value is -2.74. The molecule has 32 heavy (non-hydrogen) atoms. The van der Waals surface area contributed by atoms with Crippen molar-refractivity contribution in [3.05, 3.63) is 94.3 Å². The number of hydrogen-bond donors (Lipinski definition) is 0. The molecule has 0 unspecified atom stereocenters. The standard InChI is InChI=1S/C25H26FNO4S/c1-18-6-7-19(2)25(12-18)32(28,29)27-10-11-31-24-9-8-21(13-22(24)15-27)17-30-16-20-4-3-5-23(26)14-20/h3-9,12-14H,10-11,15-17H2,1-2H3. The first-order valence-corrected chi connectivity index (χ1v) is 11.9. The van der Waals surface area contributed by atoms with Crippen molar-refractivity contribution in [3.8, 4) is 5.75 Å². The van der Waals surface area contributed by atoms with Crippen LogP contribution in [0.15, 0.2) is 65.6 Å². The minimum Gasteiger partial charge on any atom is -0.492 e. The van der Waals surface area contributed by atoms with Gasteiger partial charge in [-0.15, -0.1) is 0 Å². The molecule has 0 N–H and O–H groups in total. The molecular weight excluding hydrogens is 429 g/mol. The number of sulfonamides is 1. The summed E-state index contributed by atoms with van der Waals surface area (Å²) in [6.45, 7) is 5.09. The van der Waals surface area contributed by atoms with Gasteiger partial charge < -0.3 is 9.47 Å². The highest BCUT2D eigenvalue weighted by Gasteiger charge is 2.29. The predicted octanol–water partition coefficient (Wildman–Crippen LogP) is 4.74. The Bertz CT molecular complexity index is 1230. The fourth-order valence-electron chi connectivity index (χ4n) is 3.76. The van der Waals surface area contributed by atoms with E-state index in [4.69, 9.17) is 9.47 Å². The van der Waals surface area contributed by atoms with Gasteiger partial charge in [0.1, 0.15) is 18.2 Å². The van der Waals surface area contributed by atoms with E-state index in [2.05, 4.69) is 0 Å². The van der Waals surface area contributed by atoms with Gasteiger partial charge in [0.05, 0.1) is 18.1 Å². The lowest BCUT2D eigenvalue weighted by atomic mass is 10.1. The number of rotatable bonds is 6. The fourth-order valence-corrected chi connectivity index (χ4v) is 5.47. The Morgan fingerprint density at radius 1 is 1.00 bits per heavy atom. The summed E-state index contributed by atoms with van der Waals surface area (Å²) in [5.41, 5.74) is 4.07. The molecule has 0 aliphatic carbocycles. The molecule has 0 bridgehead atoms. The highest BCUT2D eigenvalue weighted by atomic mass is 32.2. The van der Waals surface area contributed by atoms with Crippen molar-refractivity contribution in [2.45, 2.75) is 38.5 Å². The molecule has 1 heterocycles. The Kier molecular flexibility index (Phi) is 6.60. The van der Waals surface area contributed by atoms with Crippen molar-refractivity contribution >= 4 is 10.0 Å². The van der Waals surface area contributed by atoms with E-state index in [1.54, 1.807) is 12.1 Å². The molecule has 0 amide bonds. The summed E-state index contributed by atoms with van der Waals surface area (Å²) < 4.78 is 53.1. The molecule has 0 saturated heterocycles. The summed E-state index contributed by atoms with van der Waals surface area (Å²) in [5.74, 6) is 0.385. The van der Waals surface area contributed by atoms with Crippen LogP contribution in [0.1, 0.15) is 27.8 Å². The van der Waals surface area contributed by atoms with Crippen LogP contribution >= 0.6 is 0 Å². The summed E-state index contributed by atoms with van der Waals surface area (Å²) in [7, 11) is -3.66. The maximum atomic E-state index is 13.4. The summed E-state index contributed by atoms with van der Waals surface area (Å²) in [4.78, 5) is 0.329. The molecule has 0 fully saturated rings. The van der Waals surface area contributed by atoms with Crippen molar-refractivity contribution in [2.24, 2.45) is 0 Å². The molecule has 7 heteroatoms. The number of fused-ring (bicyclic) bond motifs is 1. The summed E-state index contributed by atoms with van der Waals surface area (Å²) in [6.07, 6.45) is 0. The van der Waals surface area contributed by atoms with Gasteiger partial charge in [-0.3, -0.25) is 0 Å². The first-order chi connectivity index (χ1) is 15.3. The van der Waals surface area contributed by atoms with Gasteiger partial charge in [-0.25, -0.2) is 12.8 Å². The van der Waals surface area contributed by atoms with Gasteiger partial charge in [0.15, 0.2) is 0 Å². The van der Waals surface area contributed by atoms with Crippen molar-refractivity contribution < 1.29 is 22.3 Å². The lowest BCUT2D eigenvalue weighted by Gasteiger charge is -2.21. The third-order valence-corrected chi connectivity index (χ3v) is 7.44. The molecule has 0 spiro atoms. The molecule has 1 aliphatic rings. The van der Waals surface area contributed by atoms with E-state index in [0.29, 0.717) is 23.9 Å². The Balaban J connectivity index is 1.51. The normalized spacial score (nSPS) is 14.5. The van der Waals surface area contributed by atoms with Gasteiger partial charge in [0.25, 0.3) is 0 Å². The molecule has 5 nitrogen and oxygen atoms in total. The van der Waals surface area contributed by atoms with Gasteiger partial charge in [0.2, 0.25) is 10.0 Å². The maximum Gasteiger partial charge on any atom is 0.243 e. The molecule has 0 aromatic heterocycles. The molecule has 1 aliphatic heterocycles. The van der Waals surface area contributed by atoms with E-state index in [9.17, 15) is 12.8 Å². The van der Waals surface area contributed by atoms with E-state index < -0.39 is 10.0 Å². The predicted molar refractivity (Wildman–Crippen MR) is 120 cm³/mol. The van der Waals surface area contributed by atoms with Crippen LogP contribution in [0.3, 0.4) is 0 Å². The van der Waals surface area contributed by atoms with Crippen LogP contribution in [-0.2, 0) is 34.5 Å². The third kappa shape index (κ3) is 5.01. The number of hydrogen-bond acceptors (Lipinski definition) is 4. The zero-order valence-electron chi connectivity index (χ0n) is 18.2. The van der Waals surface area contributed by atoms with Crippen LogP contribution in [0.4, 0.5) is 4.39 Å². The fraction of sp³-hybridized carbons (Fsp3) is 0.280. The summed E-state index contributed by atoms with van der Waals surface area (Å²) in [6, 6.07) is 17.4. The smallest absolute Gasteiger partial charge is 0.243 e. The van der Waals surface area contributed by atoms with Crippen LogP contribution in [0.25, 0.3) is 0 Å². The Morgan fingerprint density at radius 3 is 2.56 bits per heavy atom. The van der Waals surface area contributed by atoms with E-state index in [1.165, 1.54) is 16.4 Å². The van der Waals surface area contributed by atoms with E-state index in [-0.39, 0.29) is 25.5 Å². The monoisotopic (exact) mass is 455 g/mol. The average molecular weight is 456 g/mol. The van der Waals surface area contributed by atoms with Crippen LogP contribution in [0.2, 0.25) is 0 Å². The summed E-state index contributed by atoms with van der Waals surface area (Å²) in [5, 5.41) is 0. The topological polar surface area (TPSA) is 55.8 Å². The summed E-state index contributed by atoms with van der Waals surface area (Å²) >= 11 is 0. The molecule has 0 radical (unpaired) electrons. The van der Waals surface area contributed by atoms with Gasteiger partial charge in [-0.05, 0) is 66.4 Å². The van der Waals surface area contributed by atoms with Crippen LogP contribution < -0.4 is 4.74 Å². The number of halogens is 1. The second-order valence-electron chi connectivity index (χ2n) is 8.02. The number of nitrogens with zero attached hydrogens (tertiary/aromatic N) is 1. The van der Waals surface area contributed by atoms with E-state index in [0.717, 1.165) is 27.8 Å². The molecule has 0 atom stereocenters. The van der Waals surface area contributed by atoms with Gasteiger partial charge >= 0.3 is 0 Å². The van der Waals surface area contributed by atoms with Gasteiger partial charge in [-0.1, -0.05) is 30.3 Å². The first-order valence-electron chi connectivity index (χ1n) is 10.5. The molecular formula is C25H26FNO4S. The molecule has 168 valence electrons. The van der Waals surface area contributed by atoms with Crippen molar-refractivity contribution in [1.82, 2.24) is 4.31 Å². The second-order valence-corrected chi connectivity index (χ2v) is 9.93. The van der Waals surface area contributed by atoms with E-state index in [1.807, 2.05) is 50.2 Å². The van der Waals surface area contributed by atoms with Gasteiger partial charge in [-0.2, -0.15) is 4.31 Å². The highest BCUT2D eigenvalue weighted by molar-refractivity contribution is 7.89. The number of aryl methyl sites for hydroxylation is 2. The lowest BCUT2D eigenvalue weighted by molar-refractivity contribution is 0.107. The van der Waals surface area contributed by atoms with Crippen molar-refractivity contribution in [1.29, 1.82) is 0 Å². The first kappa shape index (κ1) is 22.5. The molecule has 3 aromatic carbocycles. The largest absolute Gasteiger partial charge is 0.492 e. The quantitative estimate of drug-likeness (QED) is 0.539. The molecule has 3 aromatic rings. The average Bonchev–Trinajstić information content (AvgIpc) is 2.98.